The predicted molar refractivity (Wildman–Crippen MR) is 99.7 cm³/mol. The zero-order valence-corrected chi connectivity index (χ0v) is 14.6. The van der Waals surface area contributed by atoms with E-state index in [4.69, 9.17) is 0 Å². The second-order valence-corrected chi connectivity index (χ2v) is 5.60. The van der Waals surface area contributed by atoms with Crippen LogP contribution in [0.4, 0.5) is 22.0 Å². The Morgan fingerprint density at radius 1 is 1.12 bits per heavy atom. The van der Waals surface area contributed by atoms with Crippen LogP contribution < -0.4 is 21.3 Å². The van der Waals surface area contributed by atoms with Crippen molar-refractivity contribution >= 4 is 29.1 Å². The molecule has 0 aliphatic carbocycles. The Labute approximate surface area is 147 Å². The van der Waals surface area contributed by atoms with Gasteiger partial charge in [-0.1, -0.05) is 6.07 Å². The van der Waals surface area contributed by atoms with Crippen LogP contribution in [0.1, 0.15) is 25.0 Å². The molecular weight excluding hydrogens is 318 g/mol. The van der Waals surface area contributed by atoms with Gasteiger partial charge in [0.25, 0.3) is 0 Å². The number of aromatic nitrogens is 1. The molecule has 0 bridgehead atoms. The molecule has 0 unspecified atom stereocenters. The van der Waals surface area contributed by atoms with Crippen LogP contribution in [0.25, 0.3) is 0 Å². The number of pyridine rings is 1. The van der Waals surface area contributed by atoms with Crippen molar-refractivity contribution in [2.24, 2.45) is 0 Å². The number of carbonyl (C=O) groups excluding carboxylic acids is 2. The van der Waals surface area contributed by atoms with E-state index in [1.54, 1.807) is 18.3 Å². The smallest absolute Gasteiger partial charge is 0.319 e. The van der Waals surface area contributed by atoms with Crippen molar-refractivity contribution in [1.29, 1.82) is 0 Å². The number of carbonyl (C=O) groups is 2. The molecule has 0 spiro atoms. The number of rotatable bonds is 6. The summed E-state index contributed by atoms with van der Waals surface area (Å²) in [4.78, 5) is 27.5. The van der Waals surface area contributed by atoms with E-state index in [1.807, 2.05) is 32.0 Å². The lowest BCUT2D eigenvalue weighted by Gasteiger charge is -2.12. The van der Waals surface area contributed by atoms with E-state index >= 15 is 0 Å². The molecule has 1 aromatic heterocycles. The van der Waals surface area contributed by atoms with Gasteiger partial charge in [-0.15, -0.1) is 0 Å². The second-order valence-electron chi connectivity index (χ2n) is 5.60. The van der Waals surface area contributed by atoms with Crippen LogP contribution in [-0.4, -0.2) is 23.5 Å². The van der Waals surface area contributed by atoms with E-state index in [2.05, 4.69) is 26.3 Å². The maximum atomic E-state index is 12.1. The lowest BCUT2D eigenvalue weighted by molar-refractivity contribution is -0.114. The molecular formula is C18H23N5O2. The molecule has 2 rings (SSSR count). The fraction of sp³-hybridized carbons (Fsp3) is 0.278. The normalized spacial score (nSPS) is 10.0. The summed E-state index contributed by atoms with van der Waals surface area (Å²) in [5.74, 6) is 0.620. The van der Waals surface area contributed by atoms with E-state index in [0.717, 1.165) is 23.5 Å². The first kappa shape index (κ1) is 18.3. The molecule has 0 fully saturated rings. The molecule has 0 saturated carbocycles. The minimum atomic E-state index is -0.315. The third-order valence-electron chi connectivity index (χ3n) is 3.44. The number of nitrogens with zero attached hydrogens (tertiary/aromatic N) is 1. The molecule has 1 heterocycles. The Hall–Kier alpha value is -3.09. The van der Waals surface area contributed by atoms with Gasteiger partial charge in [0.05, 0.1) is 0 Å². The summed E-state index contributed by atoms with van der Waals surface area (Å²) in [6.07, 6.45) is 1.70. The van der Waals surface area contributed by atoms with E-state index in [1.165, 1.54) is 6.92 Å². The van der Waals surface area contributed by atoms with Crippen molar-refractivity contribution < 1.29 is 9.59 Å². The summed E-state index contributed by atoms with van der Waals surface area (Å²) >= 11 is 0. The maximum absolute atomic E-state index is 12.1. The highest BCUT2D eigenvalue weighted by Crippen LogP contribution is 2.20. The molecule has 3 amide bonds. The van der Waals surface area contributed by atoms with Crippen LogP contribution in [0.3, 0.4) is 0 Å². The molecule has 25 heavy (non-hydrogen) atoms. The van der Waals surface area contributed by atoms with Gasteiger partial charge < -0.3 is 21.3 Å². The molecule has 7 nitrogen and oxygen atoms in total. The van der Waals surface area contributed by atoms with Crippen LogP contribution in [0.15, 0.2) is 36.5 Å². The molecule has 0 saturated heterocycles. The minimum Gasteiger partial charge on any atom is -0.370 e. The molecule has 0 radical (unpaired) electrons. The second kappa shape index (κ2) is 8.68. The van der Waals surface area contributed by atoms with Crippen LogP contribution in [-0.2, 0) is 11.3 Å². The van der Waals surface area contributed by atoms with Crippen LogP contribution in [0.2, 0.25) is 0 Å². The first-order chi connectivity index (χ1) is 12.0. The number of urea groups is 1. The SMILES string of the molecule is CCNc1cc(CNC(=O)Nc2cc(NC(C)=O)ccc2C)ccn1. The Bertz CT molecular complexity index is 761. The topological polar surface area (TPSA) is 95.1 Å². The lowest BCUT2D eigenvalue weighted by atomic mass is 10.2. The van der Waals surface area contributed by atoms with E-state index < -0.39 is 0 Å². The maximum Gasteiger partial charge on any atom is 0.319 e. The van der Waals surface area contributed by atoms with Gasteiger partial charge in [-0.05, 0) is 49.2 Å². The van der Waals surface area contributed by atoms with Crippen LogP contribution >= 0.6 is 0 Å². The third-order valence-corrected chi connectivity index (χ3v) is 3.44. The monoisotopic (exact) mass is 341 g/mol. The van der Waals surface area contributed by atoms with Gasteiger partial charge in [0.1, 0.15) is 5.82 Å². The van der Waals surface area contributed by atoms with Crippen LogP contribution in [0, 0.1) is 6.92 Å². The van der Waals surface area contributed by atoms with Gasteiger partial charge in [-0.25, -0.2) is 9.78 Å². The van der Waals surface area contributed by atoms with Gasteiger partial charge >= 0.3 is 6.03 Å². The van der Waals surface area contributed by atoms with Gasteiger partial charge in [0.2, 0.25) is 5.91 Å². The first-order valence-corrected chi connectivity index (χ1v) is 8.10. The number of hydrogen-bond donors (Lipinski definition) is 4. The molecule has 4 N–H and O–H groups in total. The fourth-order valence-corrected chi connectivity index (χ4v) is 2.25. The van der Waals surface area contributed by atoms with E-state index in [-0.39, 0.29) is 11.9 Å². The molecule has 0 aliphatic rings. The number of nitrogens with one attached hydrogen (secondary N) is 4. The number of benzene rings is 1. The predicted octanol–water partition coefficient (Wildman–Crippen LogP) is 3.10. The van der Waals surface area contributed by atoms with Crippen molar-refractivity contribution in [2.45, 2.75) is 27.3 Å². The number of hydrogen-bond acceptors (Lipinski definition) is 4. The Balaban J connectivity index is 1.96. The zero-order chi connectivity index (χ0) is 18.2. The first-order valence-electron chi connectivity index (χ1n) is 8.10. The summed E-state index contributed by atoms with van der Waals surface area (Å²) in [6.45, 7) is 6.50. The third kappa shape index (κ3) is 5.80. The highest BCUT2D eigenvalue weighted by atomic mass is 16.2. The Morgan fingerprint density at radius 3 is 2.64 bits per heavy atom. The number of anilines is 3. The summed E-state index contributed by atoms with van der Waals surface area (Å²) in [7, 11) is 0. The molecule has 7 heteroatoms. The number of aryl methyl sites for hydroxylation is 1. The van der Waals surface area contributed by atoms with Gasteiger partial charge in [0.15, 0.2) is 0 Å². The van der Waals surface area contributed by atoms with Crippen LogP contribution in [0.5, 0.6) is 0 Å². The summed E-state index contributed by atoms with van der Waals surface area (Å²) in [5, 5.41) is 11.4. The molecule has 0 aliphatic heterocycles. The van der Waals surface area contributed by atoms with Gasteiger partial charge in [0, 0.05) is 37.6 Å². The fourth-order valence-electron chi connectivity index (χ4n) is 2.25. The van der Waals surface area contributed by atoms with Crippen molar-refractivity contribution in [2.75, 3.05) is 22.5 Å². The average Bonchev–Trinajstić information content (AvgIpc) is 2.56. The zero-order valence-electron chi connectivity index (χ0n) is 14.6. The minimum absolute atomic E-state index is 0.159. The van der Waals surface area contributed by atoms with Crippen molar-refractivity contribution in [3.05, 3.63) is 47.7 Å². The summed E-state index contributed by atoms with van der Waals surface area (Å²) < 4.78 is 0. The van der Waals surface area contributed by atoms with Gasteiger partial charge in [-0.3, -0.25) is 4.79 Å². The quantitative estimate of drug-likeness (QED) is 0.649. The van der Waals surface area contributed by atoms with E-state index in [0.29, 0.717) is 17.9 Å². The molecule has 2 aromatic rings. The standard InChI is InChI=1S/C18H23N5O2/c1-4-19-17-9-14(7-8-20-17)11-21-18(25)23-16-10-15(22-13(3)24)6-5-12(16)2/h5-10H,4,11H2,1-3H3,(H,19,20)(H,22,24)(H2,21,23,25). The van der Waals surface area contributed by atoms with Crippen molar-refractivity contribution in [1.82, 2.24) is 10.3 Å². The van der Waals surface area contributed by atoms with Crippen molar-refractivity contribution in [3.63, 3.8) is 0 Å². The average molecular weight is 341 g/mol. The molecule has 132 valence electrons. The summed E-state index contributed by atoms with van der Waals surface area (Å²) in [5.41, 5.74) is 3.14. The van der Waals surface area contributed by atoms with Crippen molar-refractivity contribution in [3.8, 4) is 0 Å². The highest BCUT2D eigenvalue weighted by molar-refractivity contribution is 5.93. The largest absolute Gasteiger partial charge is 0.370 e. The highest BCUT2D eigenvalue weighted by Gasteiger charge is 2.07. The lowest BCUT2D eigenvalue weighted by Crippen LogP contribution is -2.28. The Morgan fingerprint density at radius 2 is 1.92 bits per heavy atom. The van der Waals surface area contributed by atoms with E-state index in [9.17, 15) is 9.59 Å². The molecule has 1 aromatic carbocycles. The summed E-state index contributed by atoms with van der Waals surface area (Å²) in [6, 6.07) is 8.79. The Kier molecular flexibility index (Phi) is 6.33. The molecule has 0 atom stereocenters. The number of amides is 3. The van der Waals surface area contributed by atoms with Gasteiger partial charge in [-0.2, -0.15) is 0 Å².